The van der Waals surface area contributed by atoms with E-state index in [2.05, 4.69) is 15.3 Å². The number of pyridine rings is 1. The number of nitrogens with zero attached hydrogens (tertiary/aromatic N) is 3. The SMILES string of the molecule is O=C1O[C@]2(CC[C@H](CNc3nc4cc(Cl)c(Cl)cc4s3)CC2)CN1c1ccccn1. The van der Waals surface area contributed by atoms with Crippen LogP contribution in [0.1, 0.15) is 25.7 Å². The first-order valence-corrected chi connectivity index (χ1v) is 11.5. The van der Waals surface area contributed by atoms with Crippen LogP contribution >= 0.6 is 34.5 Å². The second-order valence-electron chi connectivity index (χ2n) is 7.90. The summed E-state index contributed by atoms with van der Waals surface area (Å²) in [7, 11) is 0. The second kappa shape index (κ2) is 7.87. The molecule has 6 nitrogen and oxygen atoms in total. The van der Waals surface area contributed by atoms with E-state index in [1.165, 1.54) is 0 Å². The smallest absolute Gasteiger partial charge is 0.416 e. The molecule has 1 aliphatic carbocycles. The number of amides is 1. The van der Waals surface area contributed by atoms with Crippen molar-refractivity contribution in [2.45, 2.75) is 31.3 Å². The first-order valence-electron chi connectivity index (χ1n) is 9.92. The predicted octanol–water partition coefficient (Wildman–Crippen LogP) is 6.00. The van der Waals surface area contributed by atoms with E-state index in [0.29, 0.717) is 28.3 Å². The fourth-order valence-corrected chi connectivity index (χ4v) is 5.49. The van der Waals surface area contributed by atoms with Gasteiger partial charge in [0.1, 0.15) is 11.4 Å². The zero-order chi connectivity index (χ0) is 20.7. The average molecular weight is 463 g/mol. The Labute approximate surface area is 188 Å². The molecule has 2 fully saturated rings. The fraction of sp³-hybridized carbons (Fsp3) is 0.381. The van der Waals surface area contributed by atoms with Crippen LogP contribution in [0, 0.1) is 5.92 Å². The summed E-state index contributed by atoms with van der Waals surface area (Å²) in [4.78, 5) is 22.9. The Hall–Kier alpha value is -2.09. The number of hydrogen-bond donors (Lipinski definition) is 1. The van der Waals surface area contributed by atoms with Gasteiger partial charge in [-0.25, -0.2) is 14.8 Å². The van der Waals surface area contributed by atoms with Crippen molar-refractivity contribution in [1.29, 1.82) is 0 Å². The van der Waals surface area contributed by atoms with E-state index in [9.17, 15) is 4.79 Å². The lowest BCUT2D eigenvalue weighted by Gasteiger charge is -2.35. The average Bonchev–Trinajstić information content (AvgIpc) is 3.29. The molecule has 1 aromatic carbocycles. The van der Waals surface area contributed by atoms with Gasteiger partial charge in [-0.1, -0.05) is 40.6 Å². The molecule has 1 spiro atoms. The summed E-state index contributed by atoms with van der Waals surface area (Å²) >= 11 is 13.8. The molecule has 1 aliphatic heterocycles. The van der Waals surface area contributed by atoms with Crippen molar-refractivity contribution < 1.29 is 9.53 Å². The summed E-state index contributed by atoms with van der Waals surface area (Å²) in [5, 5.41) is 5.39. The van der Waals surface area contributed by atoms with E-state index in [0.717, 1.165) is 47.6 Å². The van der Waals surface area contributed by atoms with Gasteiger partial charge in [0.25, 0.3) is 0 Å². The molecule has 1 N–H and O–H groups in total. The van der Waals surface area contributed by atoms with Gasteiger partial charge in [0.15, 0.2) is 5.13 Å². The number of halogens is 2. The first-order chi connectivity index (χ1) is 14.5. The maximum Gasteiger partial charge on any atom is 0.416 e. The summed E-state index contributed by atoms with van der Waals surface area (Å²) in [6.07, 6.45) is 5.12. The number of fused-ring (bicyclic) bond motifs is 1. The zero-order valence-electron chi connectivity index (χ0n) is 16.1. The summed E-state index contributed by atoms with van der Waals surface area (Å²) in [6, 6.07) is 9.22. The van der Waals surface area contributed by atoms with Crippen molar-refractivity contribution in [3.63, 3.8) is 0 Å². The third-order valence-electron chi connectivity index (χ3n) is 5.89. The van der Waals surface area contributed by atoms with E-state index in [1.54, 1.807) is 28.5 Å². The van der Waals surface area contributed by atoms with Crippen molar-refractivity contribution in [2.24, 2.45) is 5.92 Å². The molecule has 3 heterocycles. The Balaban J connectivity index is 1.18. The van der Waals surface area contributed by atoms with Crippen LogP contribution in [-0.4, -0.2) is 34.8 Å². The van der Waals surface area contributed by atoms with Gasteiger partial charge in [-0.05, 0) is 55.9 Å². The van der Waals surface area contributed by atoms with E-state index in [4.69, 9.17) is 27.9 Å². The number of benzene rings is 1. The van der Waals surface area contributed by atoms with Gasteiger partial charge in [0.2, 0.25) is 0 Å². The largest absolute Gasteiger partial charge is 0.441 e. The Bertz CT molecular complexity index is 1040. The zero-order valence-corrected chi connectivity index (χ0v) is 18.4. The maximum atomic E-state index is 12.4. The van der Waals surface area contributed by atoms with Crippen LogP contribution in [0.25, 0.3) is 10.2 Å². The molecule has 2 aromatic heterocycles. The Morgan fingerprint density at radius 2 is 2.03 bits per heavy atom. The molecule has 5 rings (SSSR count). The lowest BCUT2D eigenvalue weighted by Crippen LogP contribution is -2.39. The molecule has 2 aliphatic rings. The Morgan fingerprint density at radius 3 is 2.80 bits per heavy atom. The quantitative estimate of drug-likeness (QED) is 0.515. The molecular weight excluding hydrogens is 443 g/mol. The van der Waals surface area contributed by atoms with Gasteiger partial charge in [-0.2, -0.15) is 0 Å². The second-order valence-corrected chi connectivity index (χ2v) is 9.75. The van der Waals surface area contributed by atoms with Gasteiger partial charge in [-0.3, -0.25) is 4.90 Å². The predicted molar refractivity (Wildman–Crippen MR) is 121 cm³/mol. The lowest BCUT2D eigenvalue weighted by atomic mass is 9.78. The molecule has 1 saturated carbocycles. The van der Waals surface area contributed by atoms with E-state index in [-0.39, 0.29) is 6.09 Å². The summed E-state index contributed by atoms with van der Waals surface area (Å²) in [5.74, 6) is 1.16. The van der Waals surface area contributed by atoms with Crippen molar-refractivity contribution in [2.75, 3.05) is 23.3 Å². The van der Waals surface area contributed by atoms with Crippen LogP contribution in [0.3, 0.4) is 0 Å². The van der Waals surface area contributed by atoms with Crippen LogP contribution in [-0.2, 0) is 4.74 Å². The summed E-state index contributed by atoms with van der Waals surface area (Å²) in [6.45, 7) is 1.41. The van der Waals surface area contributed by atoms with Crippen molar-refractivity contribution in [3.8, 4) is 0 Å². The number of ether oxygens (including phenoxy) is 1. The molecule has 0 unspecified atom stereocenters. The highest BCUT2D eigenvalue weighted by Gasteiger charge is 2.47. The number of carbonyl (C=O) groups is 1. The van der Waals surface area contributed by atoms with Gasteiger partial charge in [-0.15, -0.1) is 0 Å². The minimum Gasteiger partial charge on any atom is -0.441 e. The number of nitrogens with one attached hydrogen (secondary N) is 1. The normalized spacial score (nSPS) is 23.9. The van der Waals surface area contributed by atoms with Gasteiger partial charge >= 0.3 is 6.09 Å². The molecule has 0 bridgehead atoms. The number of carbonyl (C=O) groups excluding carboxylic acids is 1. The number of thiazole rings is 1. The molecule has 30 heavy (non-hydrogen) atoms. The summed E-state index contributed by atoms with van der Waals surface area (Å²) < 4.78 is 6.84. The van der Waals surface area contributed by atoms with Crippen LogP contribution in [0.4, 0.5) is 15.7 Å². The van der Waals surface area contributed by atoms with Crippen LogP contribution in [0.5, 0.6) is 0 Å². The topological polar surface area (TPSA) is 67.3 Å². The van der Waals surface area contributed by atoms with Crippen LogP contribution < -0.4 is 10.2 Å². The van der Waals surface area contributed by atoms with E-state index < -0.39 is 5.60 Å². The Kier molecular flexibility index (Phi) is 5.21. The Morgan fingerprint density at radius 1 is 1.23 bits per heavy atom. The van der Waals surface area contributed by atoms with Crippen molar-refractivity contribution in [3.05, 3.63) is 46.6 Å². The summed E-state index contributed by atoms with van der Waals surface area (Å²) in [5.41, 5.74) is 0.459. The molecule has 1 amide bonds. The lowest BCUT2D eigenvalue weighted by molar-refractivity contribution is 0.0148. The number of hydrogen-bond acceptors (Lipinski definition) is 6. The molecular formula is C21H20Cl2N4O2S. The fourth-order valence-electron chi connectivity index (χ4n) is 4.21. The van der Waals surface area contributed by atoms with E-state index in [1.807, 2.05) is 24.3 Å². The maximum absolute atomic E-state index is 12.4. The third-order valence-corrected chi connectivity index (χ3v) is 7.58. The first kappa shape index (κ1) is 19.8. The molecule has 0 radical (unpaired) electrons. The van der Waals surface area contributed by atoms with E-state index >= 15 is 0 Å². The minimum atomic E-state index is -0.394. The number of aromatic nitrogens is 2. The molecule has 1 saturated heterocycles. The molecule has 156 valence electrons. The highest BCUT2D eigenvalue weighted by atomic mass is 35.5. The minimum absolute atomic E-state index is 0.294. The van der Waals surface area contributed by atoms with Crippen LogP contribution in [0.15, 0.2) is 36.5 Å². The molecule has 3 aromatic rings. The van der Waals surface area contributed by atoms with Gasteiger partial charge < -0.3 is 10.1 Å². The molecule has 9 heteroatoms. The number of rotatable bonds is 4. The number of anilines is 2. The van der Waals surface area contributed by atoms with Gasteiger partial charge in [0, 0.05) is 12.7 Å². The van der Waals surface area contributed by atoms with Crippen LogP contribution in [0.2, 0.25) is 10.0 Å². The van der Waals surface area contributed by atoms with Gasteiger partial charge in [0.05, 0.1) is 26.8 Å². The molecule has 0 atom stereocenters. The van der Waals surface area contributed by atoms with Crippen molar-refractivity contribution >= 4 is 61.8 Å². The highest BCUT2D eigenvalue weighted by molar-refractivity contribution is 7.22. The monoisotopic (exact) mass is 462 g/mol. The highest BCUT2D eigenvalue weighted by Crippen LogP contribution is 2.41. The van der Waals surface area contributed by atoms with Crippen molar-refractivity contribution in [1.82, 2.24) is 9.97 Å². The standard InChI is InChI=1S/C21H20Cl2N4O2S/c22-14-9-16-17(10-15(14)23)30-19(26-16)25-11-13-4-6-21(7-5-13)12-27(20(28)29-21)18-3-1-2-8-24-18/h1-3,8-10,13H,4-7,11-12H2,(H,25,26)/t13-,21-. The third kappa shape index (κ3) is 3.82.